The fourth-order valence-electron chi connectivity index (χ4n) is 3.33. The average molecular weight is 318 g/mol. The van der Waals surface area contributed by atoms with E-state index < -0.39 is 0 Å². The molecule has 2 fully saturated rings. The number of likely N-dealkylation sites (tertiary alicyclic amines) is 1. The highest BCUT2D eigenvalue weighted by Gasteiger charge is 2.29. The van der Waals surface area contributed by atoms with Crippen molar-refractivity contribution in [2.45, 2.75) is 26.3 Å². The van der Waals surface area contributed by atoms with Gasteiger partial charge < -0.3 is 4.90 Å². The first-order chi connectivity index (χ1) is 10.7. The van der Waals surface area contributed by atoms with E-state index in [0.717, 1.165) is 57.1 Å². The number of hydrogen-bond donors (Lipinski definition) is 0. The molecule has 0 aromatic heterocycles. The van der Waals surface area contributed by atoms with Gasteiger partial charge in [-0.25, -0.2) is 0 Å². The molecular formula is C18H26N2OS. The molecule has 0 saturated carbocycles. The van der Waals surface area contributed by atoms with Crippen LogP contribution in [0.25, 0.3) is 0 Å². The molecule has 1 amide bonds. The summed E-state index contributed by atoms with van der Waals surface area (Å²) in [4.78, 5) is 17.1. The van der Waals surface area contributed by atoms with E-state index in [0.29, 0.717) is 5.91 Å². The summed E-state index contributed by atoms with van der Waals surface area (Å²) in [6, 6.07) is 8.80. The highest BCUT2D eigenvalue weighted by Crippen LogP contribution is 2.22. The number of nitrogens with zero attached hydrogens (tertiary/aromatic N) is 2. The molecule has 0 aliphatic carbocycles. The van der Waals surface area contributed by atoms with Crippen LogP contribution in [0.5, 0.6) is 0 Å². The number of aryl methyl sites for hydroxylation is 1. The lowest BCUT2D eigenvalue weighted by Crippen LogP contribution is -2.45. The Kier molecular flexibility index (Phi) is 5.42. The molecule has 0 bridgehead atoms. The largest absolute Gasteiger partial charge is 0.341 e. The van der Waals surface area contributed by atoms with E-state index in [2.05, 4.69) is 41.0 Å². The van der Waals surface area contributed by atoms with Crippen LogP contribution in [0.15, 0.2) is 24.3 Å². The second-order valence-corrected chi connectivity index (χ2v) is 7.70. The van der Waals surface area contributed by atoms with Crippen molar-refractivity contribution in [3.63, 3.8) is 0 Å². The van der Waals surface area contributed by atoms with Crippen LogP contribution in [-0.2, 0) is 11.3 Å². The number of hydrogen-bond acceptors (Lipinski definition) is 3. The molecular weight excluding hydrogens is 292 g/mol. The first kappa shape index (κ1) is 15.9. The Balaban J connectivity index is 1.47. The van der Waals surface area contributed by atoms with E-state index in [9.17, 15) is 4.79 Å². The van der Waals surface area contributed by atoms with Crippen molar-refractivity contribution in [1.29, 1.82) is 0 Å². The topological polar surface area (TPSA) is 23.6 Å². The molecule has 1 aromatic rings. The van der Waals surface area contributed by atoms with Crippen LogP contribution in [0.4, 0.5) is 0 Å². The van der Waals surface area contributed by atoms with Crippen molar-refractivity contribution in [2.24, 2.45) is 5.92 Å². The van der Waals surface area contributed by atoms with Crippen LogP contribution >= 0.6 is 11.8 Å². The van der Waals surface area contributed by atoms with E-state index in [-0.39, 0.29) is 5.92 Å². The Morgan fingerprint density at radius 2 is 1.73 bits per heavy atom. The lowest BCUT2D eigenvalue weighted by Gasteiger charge is -2.35. The molecule has 1 aromatic carbocycles. The summed E-state index contributed by atoms with van der Waals surface area (Å²) < 4.78 is 0. The molecule has 0 atom stereocenters. The SMILES string of the molecule is Cc1ccc(CN2CCC(C(=O)N3CCSCC3)CC2)cc1. The zero-order valence-corrected chi connectivity index (χ0v) is 14.3. The number of piperidine rings is 1. The number of benzene rings is 1. The van der Waals surface area contributed by atoms with Gasteiger partial charge >= 0.3 is 0 Å². The maximum Gasteiger partial charge on any atom is 0.225 e. The quantitative estimate of drug-likeness (QED) is 0.856. The van der Waals surface area contributed by atoms with Gasteiger partial charge in [0, 0.05) is 37.1 Å². The van der Waals surface area contributed by atoms with Crippen LogP contribution in [-0.4, -0.2) is 53.4 Å². The lowest BCUT2D eigenvalue weighted by atomic mass is 9.95. The molecule has 22 heavy (non-hydrogen) atoms. The lowest BCUT2D eigenvalue weighted by molar-refractivity contribution is -0.136. The number of amides is 1. The van der Waals surface area contributed by atoms with Crippen LogP contribution in [0, 0.1) is 12.8 Å². The Labute approximate surface area is 138 Å². The maximum atomic E-state index is 12.6. The van der Waals surface area contributed by atoms with E-state index in [1.54, 1.807) is 0 Å². The molecule has 0 unspecified atom stereocenters. The van der Waals surface area contributed by atoms with E-state index in [4.69, 9.17) is 0 Å². The molecule has 2 heterocycles. The van der Waals surface area contributed by atoms with Crippen molar-refractivity contribution in [1.82, 2.24) is 9.80 Å². The fourth-order valence-corrected chi connectivity index (χ4v) is 4.23. The highest BCUT2D eigenvalue weighted by molar-refractivity contribution is 7.99. The van der Waals surface area contributed by atoms with Gasteiger partial charge in [0.15, 0.2) is 0 Å². The summed E-state index contributed by atoms with van der Waals surface area (Å²) in [5.41, 5.74) is 2.69. The van der Waals surface area contributed by atoms with Crippen molar-refractivity contribution in [3.05, 3.63) is 35.4 Å². The summed E-state index contributed by atoms with van der Waals surface area (Å²) in [6.45, 7) is 7.14. The highest BCUT2D eigenvalue weighted by atomic mass is 32.2. The summed E-state index contributed by atoms with van der Waals surface area (Å²) in [5.74, 6) is 2.89. The molecule has 2 aliphatic rings. The minimum absolute atomic E-state index is 0.261. The van der Waals surface area contributed by atoms with Gasteiger partial charge in [0.25, 0.3) is 0 Å². The van der Waals surface area contributed by atoms with Gasteiger partial charge in [-0.3, -0.25) is 9.69 Å². The summed E-state index contributed by atoms with van der Waals surface area (Å²) in [5, 5.41) is 0. The zero-order chi connectivity index (χ0) is 15.4. The Morgan fingerprint density at radius 3 is 2.36 bits per heavy atom. The van der Waals surface area contributed by atoms with E-state index in [1.165, 1.54) is 11.1 Å². The fraction of sp³-hybridized carbons (Fsp3) is 0.611. The van der Waals surface area contributed by atoms with Crippen molar-refractivity contribution >= 4 is 17.7 Å². The Morgan fingerprint density at radius 1 is 1.09 bits per heavy atom. The Bertz CT molecular complexity index is 488. The standard InChI is InChI=1S/C18H26N2OS/c1-15-2-4-16(5-3-15)14-19-8-6-17(7-9-19)18(21)20-10-12-22-13-11-20/h2-5,17H,6-14H2,1H3. The van der Waals surface area contributed by atoms with Gasteiger partial charge in [0.2, 0.25) is 5.91 Å². The van der Waals surface area contributed by atoms with Crippen molar-refractivity contribution in [2.75, 3.05) is 37.7 Å². The monoisotopic (exact) mass is 318 g/mol. The minimum atomic E-state index is 0.261. The van der Waals surface area contributed by atoms with Gasteiger partial charge in [-0.15, -0.1) is 0 Å². The van der Waals surface area contributed by atoms with Crippen LogP contribution in [0.2, 0.25) is 0 Å². The predicted molar refractivity (Wildman–Crippen MR) is 93.1 cm³/mol. The average Bonchev–Trinajstić information content (AvgIpc) is 2.58. The van der Waals surface area contributed by atoms with E-state index >= 15 is 0 Å². The van der Waals surface area contributed by atoms with Gasteiger partial charge in [0.05, 0.1) is 0 Å². The normalized spacial score (nSPS) is 21.0. The third kappa shape index (κ3) is 4.05. The van der Waals surface area contributed by atoms with Crippen molar-refractivity contribution < 1.29 is 4.79 Å². The number of rotatable bonds is 3. The minimum Gasteiger partial charge on any atom is -0.341 e. The number of carbonyl (C=O) groups excluding carboxylic acids is 1. The van der Waals surface area contributed by atoms with Crippen LogP contribution in [0.3, 0.4) is 0 Å². The second kappa shape index (κ2) is 7.51. The molecule has 3 rings (SSSR count). The van der Waals surface area contributed by atoms with Crippen LogP contribution in [0.1, 0.15) is 24.0 Å². The number of thioether (sulfide) groups is 1. The van der Waals surface area contributed by atoms with Gasteiger partial charge in [-0.1, -0.05) is 29.8 Å². The summed E-state index contributed by atoms with van der Waals surface area (Å²) >= 11 is 1.96. The maximum absolute atomic E-state index is 12.6. The molecule has 0 N–H and O–H groups in total. The summed E-state index contributed by atoms with van der Waals surface area (Å²) in [6.07, 6.45) is 2.04. The predicted octanol–water partition coefficient (Wildman–Crippen LogP) is 2.78. The van der Waals surface area contributed by atoms with Crippen molar-refractivity contribution in [3.8, 4) is 0 Å². The molecule has 2 aliphatic heterocycles. The van der Waals surface area contributed by atoms with Gasteiger partial charge in [-0.2, -0.15) is 11.8 Å². The van der Waals surface area contributed by atoms with E-state index in [1.807, 2.05) is 11.8 Å². The number of carbonyl (C=O) groups is 1. The molecule has 0 radical (unpaired) electrons. The first-order valence-electron chi connectivity index (χ1n) is 8.37. The first-order valence-corrected chi connectivity index (χ1v) is 9.52. The smallest absolute Gasteiger partial charge is 0.225 e. The molecule has 120 valence electrons. The van der Waals surface area contributed by atoms with Gasteiger partial charge in [-0.05, 0) is 38.4 Å². The molecule has 2 saturated heterocycles. The summed E-state index contributed by atoms with van der Waals surface area (Å²) in [7, 11) is 0. The second-order valence-electron chi connectivity index (χ2n) is 6.47. The molecule has 0 spiro atoms. The molecule has 4 heteroatoms. The molecule has 3 nitrogen and oxygen atoms in total. The Hall–Kier alpha value is -1.00. The van der Waals surface area contributed by atoms with Gasteiger partial charge in [0.1, 0.15) is 0 Å². The zero-order valence-electron chi connectivity index (χ0n) is 13.5. The van der Waals surface area contributed by atoms with Crippen LogP contribution < -0.4 is 0 Å². The third-order valence-corrected chi connectivity index (χ3v) is 5.73. The third-order valence-electron chi connectivity index (χ3n) is 4.79.